The van der Waals surface area contributed by atoms with Crippen molar-refractivity contribution in [2.45, 2.75) is 25.9 Å². The minimum Gasteiger partial charge on any atom is -0.497 e. The van der Waals surface area contributed by atoms with E-state index in [9.17, 15) is 4.79 Å². The summed E-state index contributed by atoms with van der Waals surface area (Å²) in [6.07, 6.45) is 1.75. The molecule has 36 heavy (non-hydrogen) atoms. The summed E-state index contributed by atoms with van der Waals surface area (Å²) < 4.78 is 26.9. The van der Waals surface area contributed by atoms with Gasteiger partial charge in [-0.1, -0.05) is 5.16 Å². The van der Waals surface area contributed by atoms with E-state index in [1.165, 1.54) is 0 Å². The van der Waals surface area contributed by atoms with Gasteiger partial charge < -0.3 is 28.8 Å². The molecule has 192 valence electrons. The van der Waals surface area contributed by atoms with Crippen molar-refractivity contribution in [3.05, 3.63) is 47.9 Å². The van der Waals surface area contributed by atoms with Crippen molar-refractivity contribution < 1.29 is 28.3 Å². The van der Waals surface area contributed by atoms with E-state index >= 15 is 0 Å². The standard InChI is InChI=1S/C26H32N4O6/c1-32-20-8-10-21(33-2)19(12-20)14-27-26(31)18-6-5-11-30(15-18)16-24-28-25(29-36-24)17-7-9-22(34-3)23(13-17)35-4/h7-10,12-13,18H,5-6,11,14-16H2,1-4H3,(H,27,31)/t18-/m0/s1. The average Bonchev–Trinajstić information content (AvgIpc) is 3.39. The van der Waals surface area contributed by atoms with Gasteiger partial charge in [-0.05, 0) is 55.8 Å². The Hall–Kier alpha value is -3.79. The molecule has 10 nitrogen and oxygen atoms in total. The Morgan fingerprint density at radius 2 is 1.81 bits per heavy atom. The van der Waals surface area contributed by atoms with Gasteiger partial charge in [0.15, 0.2) is 11.5 Å². The van der Waals surface area contributed by atoms with Crippen LogP contribution in [0.4, 0.5) is 0 Å². The second-order valence-electron chi connectivity index (χ2n) is 8.55. The summed E-state index contributed by atoms with van der Waals surface area (Å²) >= 11 is 0. The molecule has 1 fully saturated rings. The van der Waals surface area contributed by atoms with Crippen molar-refractivity contribution in [2.24, 2.45) is 5.92 Å². The number of likely N-dealkylation sites (tertiary alicyclic amines) is 1. The fraction of sp³-hybridized carbons (Fsp3) is 0.423. The Kier molecular flexibility index (Phi) is 8.27. The Bertz CT molecular complexity index is 1180. The number of aromatic nitrogens is 2. The predicted molar refractivity (Wildman–Crippen MR) is 132 cm³/mol. The van der Waals surface area contributed by atoms with Gasteiger partial charge in [0.25, 0.3) is 0 Å². The number of benzene rings is 2. The molecule has 1 atom stereocenters. The summed E-state index contributed by atoms with van der Waals surface area (Å²) in [7, 11) is 6.40. The van der Waals surface area contributed by atoms with Gasteiger partial charge in [0.2, 0.25) is 17.6 Å². The summed E-state index contributed by atoms with van der Waals surface area (Å²) in [5.41, 5.74) is 1.64. The highest BCUT2D eigenvalue weighted by molar-refractivity contribution is 5.79. The van der Waals surface area contributed by atoms with Crippen molar-refractivity contribution >= 4 is 5.91 Å². The number of piperidine rings is 1. The van der Waals surface area contributed by atoms with E-state index in [4.69, 9.17) is 23.5 Å². The lowest BCUT2D eigenvalue weighted by molar-refractivity contribution is -0.127. The van der Waals surface area contributed by atoms with Crippen molar-refractivity contribution in [3.8, 4) is 34.4 Å². The van der Waals surface area contributed by atoms with Crippen LogP contribution in [-0.2, 0) is 17.9 Å². The molecule has 1 aliphatic rings. The van der Waals surface area contributed by atoms with Crippen LogP contribution in [0, 0.1) is 5.92 Å². The van der Waals surface area contributed by atoms with E-state index in [0.717, 1.165) is 36.3 Å². The summed E-state index contributed by atoms with van der Waals surface area (Å²) in [4.78, 5) is 19.7. The van der Waals surface area contributed by atoms with Crippen LogP contribution in [0.15, 0.2) is 40.9 Å². The van der Waals surface area contributed by atoms with Crippen LogP contribution in [0.1, 0.15) is 24.3 Å². The lowest BCUT2D eigenvalue weighted by Crippen LogP contribution is -2.42. The minimum absolute atomic E-state index is 0.0149. The molecule has 0 unspecified atom stereocenters. The maximum atomic E-state index is 12.9. The molecule has 0 bridgehead atoms. The van der Waals surface area contributed by atoms with Crippen LogP contribution in [0.5, 0.6) is 23.0 Å². The highest BCUT2D eigenvalue weighted by Crippen LogP contribution is 2.31. The van der Waals surface area contributed by atoms with Crippen molar-refractivity contribution in [3.63, 3.8) is 0 Å². The Morgan fingerprint density at radius 3 is 2.56 bits per heavy atom. The number of nitrogens with one attached hydrogen (secondary N) is 1. The number of hydrogen-bond donors (Lipinski definition) is 1. The Balaban J connectivity index is 1.35. The number of methoxy groups -OCH3 is 4. The summed E-state index contributed by atoms with van der Waals surface area (Å²) in [6, 6.07) is 11.0. The number of amides is 1. The Labute approximate surface area is 210 Å². The minimum atomic E-state index is -0.122. The summed E-state index contributed by atoms with van der Waals surface area (Å²) in [5, 5.41) is 7.17. The van der Waals surface area contributed by atoms with Gasteiger partial charge in [-0.2, -0.15) is 4.98 Å². The van der Waals surface area contributed by atoms with Gasteiger partial charge >= 0.3 is 0 Å². The van der Waals surface area contributed by atoms with Gasteiger partial charge in [-0.3, -0.25) is 9.69 Å². The zero-order valence-electron chi connectivity index (χ0n) is 21.1. The molecule has 0 aliphatic carbocycles. The van der Waals surface area contributed by atoms with Crippen LogP contribution >= 0.6 is 0 Å². The fourth-order valence-corrected chi connectivity index (χ4v) is 4.36. The number of carbonyl (C=O) groups is 1. The van der Waals surface area contributed by atoms with Crippen molar-refractivity contribution in [2.75, 3.05) is 41.5 Å². The first kappa shape index (κ1) is 25.3. The number of ether oxygens (including phenoxy) is 4. The van der Waals surface area contributed by atoms with Gasteiger partial charge in [0.1, 0.15) is 11.5 Å². The van der Waals surface area contributed by atoms with Crippen LogP contribution in [-0.4, -0.2) is 62.5 Å². The molecular formula is C26H32N4O6. The predicted octanol–water partition coefficient (Wildman–Crippen LogP) is 3.30. The monoisotopic (exact) mass is 496 g/mol. The molecule has 1 saturated heterocycles. The fourth-order valence-electron chi connectivity index (χ4n) is 4.36. The van der Waals surface area contributed by atoms with E-state index in [0.29, 0.717) is 48.6 Å². The second kappa shape index (κ2) is 11.8. The number of carbonyl (C=O) groups excluding carboxylic acids is 1. The largest absolute Gasteiger partial charge is 0.497 e. The smallest absolute Gasteiger partial charge is 0.241 e. The highest BCUT2D eigenvalue weighted by Gasteiger charge is 2.27. The van der Waals surface area contributed by atoms with E-state index in [1.807, 2.05) is 30.3 Å². The number of rotatable bonds is 10. The molecule has 4 rings (SSSR count). The van der Waals surface area contributed by atoms with Gasteiger partial charge in [-0.15, -0.1) is 0 Å². The van der Waals surface area contributed by atoms with Crippen LogP contribution in [0.2, 0.25) is 0 Å². The first-order valence-electron chi connectivity index (χ1n) is 11.8. The van der Waals surface area contributed by atoms with E-state index in [1.54, 1.807) is 34.5 Å². The summed E-state index contributed by atoms with van der Waals surface area (Å²) in [6.45, 7) is 2.33. The molecule has 1 amide bonds. The van der Waals surface area contributed by atoms with Crippen molar-refractivity contribution in [1.29, 1.82) is 0 Å². The zero-order chi connectivity index (χ0) is 25.5. The molecule has 2 aromatic carbocycles. The third-order valence-electron chi connectivity index (χ3n) is 6.29. The highest BCUT2D eigenvalue weighted by atomic mass is 16.5. The molecule has 0 radical (unpaired) electrons. The second-order valence-corrected chi connectivity index (χ2v) is 8.55. The third kappa shape index (κ3) is 5.88. The lowest BCUT2D eigenvalue weighted by atomic mass is 9.97. The maximum Gasteiger partial charge on any atom is 0.241 e. The number of hydrogen-bond acceptors (Lipinski definition) is 9. The van der Waals surface area contributed by atoms with Crippen molar-refractivity contribution in [1.82, 2.24) is 20.4 Å². The van der Waals surface area contributed by atoms with Crippen LogP contribution in [0.3, 0.4) is 0 Å². The molecule has 0 saturated carbocycles. The normalized spacial score (nSPS) is 15.8. The molecule has 2 heterocycles. The van der Waals surface area contributed by atoms with E-state index < -0.39 is 0 Å². The quantitative estimate of drug-likeness (QED) is 0.452. The zero-order valence-corrected chi connectivity index (χ0v) is 21.1. The Morgan fingerprint density at radius 1 is 1.03 bits per heavy atom. The average molecular weight is 497 g/mol. The first-order chi connectivity index (χ1) is 17.5. The van der Waals surface area contributed by atoms with E-state index in [-0.39, 0.29) is 11.8 Å². The molecule has 1 aromatic heterocycles. The molecule has 0 spiro atoms. The lowest BCUT2D eigenvalue weighted by Gasteiger charge is -2.30. The molecule has 1 aliphatic heterocycles. The van der Waals surface area contributed by atoms with Crippen LogP contribution < -0.4 is 24.3 Å². The maximum absolute atomic E-state index is 12.9. The van der Waals surface area contributed by atoms with Gasteiger partial charge in [0.05, 0.1) is 40.9 Å². The van der Waals surface area contributed by atoms with E-state index in [2.05, 4.69) is 20.4 Å². The molecule has 10 heteroatoms. The van der Waals surface area contributed by atoms with Gasteiger partial charge in [-0.25, -0.2) is 0 Å². The molecular weight excluding hydrogens is 464 g/mol. The SMILES string of the molecule is COc1ccc(OC)c(CNC(=O)[C@H]2CCCN(Cc3nc(-c4ccc(OC)c(OC)c4)no3)C2)c1. The van der Waals surface area contributed by atoms with Gasteiger partial charge in [0, 0.05) is 24.2 Å². The summed E-state index contributed by atoms with van der Waals surface area (Å²) in [5.74, 6) is 3.53. The first-order valence-corrected chi connectivity index (χ1v) is 11.8. The molecule has 3 aromatic rings. The third-order valence-corrected chi connectivity index (χ3v) is 6.29. The molecule has 1 N–H and O–H groups in total. The van der Waals surface area contributed by atoms with Crippen LogP contribution in [0.25, 0.3) is 11.4 Å². The topological polar surface area (TPSA) is 108 Å². The number of nitrogens with zero attached hydrogens (tertiary/aromatic N) is 3.